The van der Waals surface area contributed by atoms with Crippen LogP contribution in [0.25, 0.3) is 0 Å². The maximum Gasteiger partial charge on any atom is 0.0253 e. The van der Waals surface area contributed by atoms with Crippen LogP contribution in [0, 0.1) is 5.92 Å². The number of rotatable bonds is 6. The first-order valence-corrected chi connectivity index (χ1v) is 16.0. The van der Waals surface area contributed by atoms with Gasteiger partial charge in [-0.1, -0.05) is 91.4 Å². The Morgan fingerprint density at radius 1 is 0.676 bits per heavy atom. The lowest BCUT2D eigenvalue weighted by Crippen LogP contribution is -2.15. The number of allylic oxidation sites excluding steroid dienone is 8. The summed E-state index contributed by atoms with van der Waals surface area (Å²) in [6.45, 7) is 0. The van der Waals surface area contributed by atoms with Crippen molar-refractivity contribution in [3.63, 3.8) is 0 Å². The Kier molecular flexibility index (Phi) is 6.77. The van der Waals surface area contributed by atoms with E-state index < -0.39 is 0 Å². The molecule has 0 spiro atoms. The molecule has 34 heavy (non-hydrogen) atoms. The topological polar surface area (TPSA) is 0 Å². The molecule has 2 aromatic rings. The second-order valence-corrected chi connectivity index (χ2v) is 14.1. The fraction of sp³-hybridized carbons (Fsp3) is 0.226. The average Bonchev–Trinajstić information content (AvgIpc) is 3.48. The highest BCUT2D eigenvalue weighted by atomic mass is 32.2. The van der Waals surface area contributed by atoms with Gasteiger partial charge in [0.2, 0.25) is 0 Å². The molecule has 2 aromatic carbocycles. The van der Waals surface area contributed by atoms with Gasteiger partial charge in [0, 0.05) is 31.4 Å². The molecule has 0 saturated heterocycles. The van der Waals surface area contributed by atoms with Crippen molar-refractivity contribution in [3.05, 3.63) is 130 Å². The van der Waals surface area contributed by atoms with E-state index >= 15 is 0 Å². The monoisotopic (exact) mass is 498 g/mol. The quantitative estimate of drug-likeness (QED) is 0.359. The number of hydrogen-bond donors (Lipinski definition) is 0. The zero-order chi connectivity index (χ0) is 22.7. The van der Waals surface area contributed by atoms with Gasteiger partial charge in [0.1, 0.15) is 0 Å². The van der Waals surface area contributed by atoms with Gasteiger partial charge in [-0.05, 0) is 58.4 Å². The van der Waals surface area contributed by atoms with Crippen LogP contribution in [0.15, 0.2) is 118 Å². The van der Waals surface area contributed by atoms with Gasteiger partial charge in [0.25, 0.3) is 0 Å². The standard InChI is InChI=1S/C31H30S3/c1-3-12-24(13-4-1)22-33-20-9-7-18-28(33)30-26-16-11-17-27(26)32-31(30)29-19-8-10-21-34(29)23-25-14-5-2-6-15-25/h1-10,12-15,18-21,26-27H,11,16-17,22-23H2. The van der Waals surface area contributed by atoms with Gasteiger partial charge >= 0.3 is 0 Å². The van der Waals surface area contributed by atoms with E-state index in [1.807, 2.05) is 0 Å². The third-order valence-electron chi connectivity index (χ3n) is 6.92. The predicted molar refractivity (Wildman–Crippen MR) is 158 cm³/mol. The fourth-order valence-corrected chi connectivity index (χ4v) is 11.3. The van der Waals surface area contributed by atoms with Gasteiger partial charge in [0.15, 0.2) is 0 Å². The van der Waals surface area contributed by atoms with E-state index in [-0.39, 0.29) is 21.0 Å². The van der Waals surface area contributed by atoms with Crippen LogP contribution in [0.5, 0.6) is 0 Å². The summed E-state index contributed by atoms with van der Waals surface area (Å²) in [7, 11) is 0.232. The van der Waals surface area contributed by atoms with Crippen molar-refractivity contribution in [2.75, 3.05) is 0 Å². The minimum Gasteiger partial charge on any atom is -0.150 e. The molecular formula is C31H30S3. The number of hydrogen-bond acceptors (Lipinski definition) is 1. The Balaban J connectivity index is 1.48. The highest BCUT2D eigenvalue weighted by molar-refractivity contribution is 8.20. The third kappa shape index (κ3) is 4.58. The van der Waals surface area contributed by atoms with Crippen molar-refractivity contribution < 1.29 is 0 Å². The molecule has 4 atom stereocenters. The van der Waals surface area contributed by atoms with Gasteiger partial charge < -0.3 is 0 Å². The minimum absolute atomic E-state index is 0.113. The Morgan fingerprint density at radius 2 is 1.26 bits per heavy atom. The first-order valence-electron chi connectivity index (χ1n) is 12.2. The molecule has 4 unspecified atom stereocenters. The van der Waals surface area contributed by atoms with Crippen molar-refractivity contribution in [3.8, 4) is 0 Å². The lowest BCUT2D eigenvalue weighted by Gasteiger charge is -2.22. The smallest absolute Gasteiger partial charge is 0.0253 e. The third-order valence-corrected chi connectivity index (χ3v) is 12.7. The van der Waals surface area contributed by atoms with Crippen LogP contribution in [0.3, 0.4) is 0 Å². The van der Waals surface area contributed by atoms with Crippen LogP contribution in [0.2, 0.25) is 0 Å². The summed E-state index contributed by atoms with van der Waals surface area (Å²) in [5.41, 5.74) is 4.56. The Hall–Kier alpha value is -2.07. The van der Waals surface area contributed by atoms with Crippen LogP contribution in [-0.4, -0.2) is 15.0 Å². The van der Waals surface area contributed by atoms with Gasteiger partial charge in [0.05, 0.1) is 0 Å². The molecule has 4 aliphatic rings. The predicted octanol–water partition coefficient (Wildman–Crippen LogP) is 8.61. The molecule has 0 radical (unpaired) electrons. The molecule has 3 heterocycles. The first kappa shape index (κ1) is 22.4. The summed E-state index contributed by atoms with van der Waals surface area (Å²) < 4.78 is 0. The summed E-state index contributed by atoms with van der Waals surface area (Å²) in [6, 6.07) is 22.1. The van der Waals surface area contributed by atoms with Crippen LogP contribution in [0.4, 0.5) is 0 Å². The summed E-state index contributed by atoms with van der Waals surface area (Å²) in [6.07, 6.45) is 18.0. The fourth-order valence-electron chi connectivity index (χ4n) is 5.34. The maximum atomic E-state index is 2.46. The first-order chi connectivity index (χ1) is 16.9. The van der Waals surface area contributed by atoms with Crippen molar-refractivity contribution in [2.45, 2.75) is 36.0 Å². The highest BCUT2D eigenvalue weighted by Gasteiger charge is 2.41. The Bertz CT molecular complexity index is 1290. The second-order valence-electron chi connectivity index (χ2n) is 9.16. The summed E-state index contributed by atoms with van der Waals surface area (Å²) in [5, 5.41) is 5.67. The molecule has 0 nitrogen and oxygen atoms in total. The number of fused-ring (bicyclic) bond motifs is 1. The molecule has 1 aliphatic carbocycles. The zero-order valence-corrected chi connectivity index (χ0v) is 21.8. The molecule has 6 rings (SSSR count). The van der Waals surface area contributed by atoms with E-state index in [1.54, 1.807) is 20.2 Å². The lowest BCUT2D eigenvalue weighted by atomic mass is 9.93. The van der Waals surface area contributed by atoms with Gasteiger partial charge in [-0.15, -0.1) is 32.7 Å². The van der Waals surface area contributed by atoms with E-state index in [2.05, 4.69) is 120 Å². The van der Waals surface area contributed by atoms with E-state index in [1.165, 1.54) is 30.4 Å². The molecule has 0 amide bonds. The average molecular weight is 499 g/mol. The molecule has 0 bridgehead atoms. The summed E-state index contributed by atoms with van der Waals surface area (Å²) in [5.74, 6) is 2.92. The summed E-state index contributed by atoms with van der Waals surface area (Å²) in [4.78, 5) is 4.77. The van der Waals surface area contributed by atoms with Crippen LogP contribution in [0.1, 0.15) is 30.4 Å². The van der Waals surface area contributed by atoms with Crippen LogP contribution < -0.4 is 0 Å². The van der Waals surface area contributed by atoms with Crippen molar-refractivity contribution in [1.29, 1.82) is 0 Å². The summed E-state index contributed by atoms with van der Waals surface area (Å²) >= 11 is 2.20. The van der Waals surface area contributed by atoms with E-state index in [0.29, 0.717) is 5.92 Å². The number of benzene rings is 2. The van der Waals surface area contributed by atoms with E-state index in [0.717, 1.165) is 16.8 Å². The lowest BCUT2D eigenvalue weighted by molar-refractivity contribution is 0.691. The van der Waals surface area contributed by atoms with Crippen molar-refractivity contribution in [1.82, 2.24) is 0 Å². The van der Waals surface area contributed by atoms with Crippen molar-refractivity contribution >= 4 is 42.5 Å². The highest BCUT2D eigenvalue weighted by Crippen LogP contribution is 2.54. The molecule has 172 valence electrons. The van der Waals surface area contributed by atoms with Gasteiger partial charge in [-0.25, -0.2) is 0 Å². The van der Waals surface area contributed by atoms with Crippen LogP contribution in [-0.2, 0) is 11.5 Å². The number of thioether (sulfide) groups is 1. The van der Waals surface area contributed by atoms with Crippen LogP contribution >= 0.6 is 32.7 Å². The SMILES string of the molecule is C1=CC(C2=C(C3=S(Cc4ccccc4)C=CC=C3)C3CCCC3S2)=S(Cc2ccccc2)C=C1. The normalized spacial score (nSPS) is 27.6. The largest absolute Gasteiger partial charge is 0.150 e. The molecular weight excluding hydrogens is 469 g/mol. The van der Waals surface area contributed by atoms with Crippen molar-refractivity contribution in [2.24, 2.45) is 5.92 Å². The van der Waals surface area contributed by atoms with Gasteiger partial charge in [-0.2, -0.15) is 0 Å². The zero-order valence-electron chi connectivity index (χ0n) is 19.3. The molecule has 0 aromatic heterocycles. The van der Waals surface area contributed by atoms with Gasteiger partial charge in [-0.3, -0.25) is 0 Å². The molecule has 1 fully saturated rings. The van der Waals surface area contributed by atoms with E-state index in [9.17, 15) is 0 Å². The maximum absolute atomic E-state index is 2.46. The molecule has 0 N–H and O–H groups in total. The molecule has 3 aliphatic heterocycles. The second kappa shape index (κ2) is 10.3. The van der Waals surface area contributed by atoms with E-state index in [4.69, 9.17) is 0 Å². The Labute approximate surface area is 213 Å². The Morgan fingerprint density at radius 3 is 1.91 bits per heavy atom. The minimum atomic E-state index is 0.113. The molecule has 1 saturated carbocycles. The molecule has 3 heteroatoms.